The first-order valence-corrected chi connectivity index (χ1v) is 11.1. The number of fused-ring (bicyclic) bond motifs is 1. The molecule has 0 aliphatic rings. The van der Waals surface area contributed by atoms with Crippen molar-refractivity contribution >= 4 is 50.6 Å². The fraction of sp³-hybridized carbons (Fsp3) is 0. The van der Waals surface area contributed by atoms with E-state index in [0.29, 0.717) is 25.9 Å². The average Bonchev–Trinajstić information content (AvgIpc) is 3.37. The zero-order valence-corrected chi connectivity index (χ0v) is 18.1. The zero-order chi connectivity index (χ0) is 21.4. The van der Waals surface area contributed by atoms with Crippen LogP contribution in [0.5, 0.6) is 0 Å². The lowest BCUT2D eigenvalue weighted by molar-refractivity contribution is -0.384. The van der Waals surface area contributed by atoms with E-state index in [4.69, 9.17) is 11.6 Å². The maximum Gasteiger partial charge on any atom is 0.270 e. The Labute approximate surface area is 189 Å². The van der Waals surface area contributed by atoms with Gasteiger partial charge in [0.2, 0.25) is 5.16 Å². The molecule has 2 heterocycles. The van der Waals surface area contributed by atoms with Crippen LogP contribution in [-0.4, -0.2) is 24.7 Å². The first-order valence-electron chi connectivity index (χ1n) is 9.09. The summed E-state index contributed by atoms with van der Waals surface area (Å²) in [4.78, 5) is 15.2. The second-order valence-electron chi connectivity index (χ2n) is 6.45. The number of thiazole rings is 1. The van der Waals surface area contributed by atoms with E-state index in [2.05, 4.69) is 15.2 Å². The largest absolute Gasteiger partial charge is 0.270 e. The molecule has 10 heteroatoms. The summed E-state index contributed by atoms with van der Waals surface area (Å²) in [5.41, 5.74) is 2.41. The number of nitro benzene ring substituents is 1. The maximum absolute atomic E-state index is 11.1. The minimum atomic E-state index is -0.409. The summed E-state index contributed by atoms with van der Waals surface area (Å²) in [7, 11) is 0. The van der Waals surface area contributed by atoms with Crippen LogP contribution >= 0.6 is 34.7 Å². The normalized spacial score (nSPS) is 11.1. The Morgan fingerprint density at radius 2 is 1.77 bits per heavy atom. The van der Waals surface area contributed by atoms with Crippen molar-refractivity contribution < 1.29 is 4.92 Å². The van der Waals surface area contributed by atoms with Crippen LogP contribution in [0.4, 0.5) is 5.69 Å². The molecule has 0 spiro atoms. The molecule has 0 aliphatic heterocycles. The van der Waals surface area contributed by atoms with Crippen molar-refractivity contribution in [2.24, 2.45) is 0 Å². The number of hydrogen-bond acceptors (Lipinski definition) is 7. The molecule has 0 N–H and O–H groups in total. The number of aromatic nitrogens is 4. The van der Waals surface area contributed by atoms with Crippen molar-refractivity contribution in [1.29, 1.82) is 0 Å². The highest BCUT2D eigenvalue weighted by Crippen LogP contribution is 2.38. The van der Waals surface area contributed by atoms with E-state index < -0.39 is 4.92 Å². The summed E-state index contributed by atoms with van der Waals surface area (Å²) in [6.07, 6.45) is 0. The van der Waals surface area contributed by atoms with Gasteiger partial charge in [0.1, 0.15) is 0 Å². The molecule has 7 nitrogen and oxygen atoms in total. The van der Waals surface area contributed by atoms with E-state index in [0.717, 1.165) is 16.0 Å². The van der Waals surface area contributed by atoms with Crippen LogP contribution in [0.3, 0.4) is 0 Å². The number of benzene rings is 3. The first-order chi connectivity index (χ1) is 15.1. The lowest BCUT2D eigenvalue weighted by Gasteiger charge is -2.10. The van der Waals surface area contributed by atoms with Crippen molar-refractivity contribution in [2.45, 2.75) is 9.50 Å². The third kappa shape index (κ3) is 3.78. The third-order valence-electron chi connectivity index (χ3n) is 4.50. The molecule has 0 saturated heterocycles. The van der Waals surface area contributed by atoms with Crippen molar-refractivity contribution in [3.05, 3.63) is 87.9 Å². The maximum atomic E-state index is 11.1. The molecule has 0 saturated carbocycles. The molecule has 0 bridgehead atoms. The number of nitro groups is 1. The molecular formula is C21H12ClN5O2S2. The highest BCUT2D eigenvalue weighted by Gasteiger charge is 2.20. The Balaban J connectivity index is 1.61. The third-order valence-corrected chi connectivity index (χ3v) is 6.86. The molecule has 5 aromatic rings. The van der Waals surface area contributed by atoms with Crippen molar-refractivity contribution in [3.8, 4) is 17.1 Å². The molecule has 0 amide bonds. The van der Waals surface area contributed by atoms with Gasteiger partial charge in [-0.1, -0.05) is 41.9 Å². The molecule has 0 unspecified atom stereocenters. The number of para-hydroxylation sites is 1. The second kappa shape index (κ2) is 8.10. The number of nitrogens with zero attached hydrogens (tertiary/aromatic N) is 5. The SMILES string of the molecule is O=[N+]([O-])c1ccc2nc(Sc3nnc(-c4ccccc4Cl)n3-c3ccccc3)sc2c1. The molecule has 31 heavy (non-hydrogen) atoms. The average molecular weight is 466 g/mol. The smallest absolute Gasteiger partial charge is 0.270 e. The standard InChI is InChI=1S/C21H12ClN5O2S2/c22-16-9-5-4-8-15(16)19-24-25-20(26(19)13-6-2-1-3-7-13)31-21-23-17-11-10-14(27(28)29)12-18(17)30-21/h1-12H. The minimum absolute atomic E-state index is 0.0427. The topological polar surface area (TPSA) is 86.7 Å². The van der Waals surface area contributed by atoms with Crippen molar-refractivity contribution in [3.63, 3.8) is 0 Å². The van der Waals surface area contributed by atoms with E-state index in [1.54, 1.807) is 6.07 Å². The van der Waals surface area contributed by atoms with Crippen LogP contribution < -0.4 is 0 Å². The summed E-state index contributed by atoms with van der Waals surface area (Å²) < 4.78 is 3.39. The molecule has 3 aromatic carbocycles. The summed E-state index contributed by atoms with van der Waals surface area (Å²) in [6.45, 7) is 0. The van der Waals surface area contributed by atoms with E-state index in [1.807, 2.05) is 59.2 Å². The van der Waals surface area contributed by atoms with Crippen molar-refractivity contribution in [1.82, 2.24) is 19.7 Å². The lowest BCUT2D eigenvalue weighted by Crippen LogP contribution is -1.99. The molecule has 152 valence electrons. The van der Waals surface area contributed by atoms with Crippen LogP contribution in [0, 0.1) is 10.1 Å². The fourth-order valence-electron chi connectivity index (χ4n) is 3.09. The quantitative estimate of drug-likeness (QED) is 0.225. The Morgan fingerprint density at radius 3 is 2.55 bits per heavy atom. The predicted octanol–water partition coefficient (Wildman–Crippen LogP) is 6.26. The van der Waals surface area contributed by atoms with Crippen LogP contribution in [0.25, 0.3) is 27.3 Å². The number of halogens is 1. The number of rotatable bonds is 5. The monoisotopic (exact) mass is 465 g/mol. The zero-order valence-electron chi connectivity index (χ0n) is 15.7. The van der Waals surface area contributed by atoms with E-state index >= 15 is 0 Å². The minimum Gasteiger partial charge on any atom is -0.270 e. The molecule has 2 aromatic heterocycles. The van der Waals surface area contributed by atoms with Gasteiger partial charge in [0.05, 0.1) is 20.2 Å². The number of hydrogen-bond donors (Lipinski definition) is 0. The summed E-state index contributed by atoms with van der Waals surface area (Å²) in [5.74, 6) is 0.621. The van der Waals surface area contributed by atoms with Crippen LogP contribution in [0.2, 0.25) is 5.02 Å². The van der Waals surface area contributed by atoms with Gasteiger partial charge in [-0.15, -0.1) is 21.5 Å². The van der Waals surface area contributed by atoms with Gasteiger partial charge in [0.15, 0.2) is 10.2 Å². The van der Waals surface area contributed by atoms with Gasteiger partial charge in [-0.3, -0.25) is 14.7 Å². The van der Waals surface area contributed by atoms with Gasteiger partial charge in [0.25, 0.3) is 5.69 Å². The van der Waals surface area contributed by atoms with E-state index in [1.165, 1.54) is 35.2 Å². The molecule has 5 rings (SSSR count). The molecule has 0 atom stereocenters. The first kappa shape index (κ1) is 19.7. The Morgan fingerprint density at radius 1 is 1.00 bits per heavy atom. The van der Waals surface area contributed by atoms with Crippen LogP contribution in [-0.2, 0) is 0 Å². The van der Waals surface area contributed by atoms with Gasteiger partial charge >= 0.3 is 0 Å². The molecule has 0 radical (unpaired) electrons. The molecule has 0 aliphatic carbocycles. The van der Waals surface area contributed by atoms with E-state index in [-0.39, 0.29) is 5.69 Å². The molecule has 0 fully saturated rings. The van der Waals surface area contributed by atoms with E-state index in [9.17, 15) is 10.1 Å². The van der Waals surface area contributed by atoms with Crippen molar-refractivity contribution in [2.75, 3.05) is 0 Å². The summed E-state index contributed by atoms with van der Waals surface area (Å²) >= 11 is 9.16. The molecular weight excluding hydrogens is 454 g/mol. The highest BCUT2D eigenvalue weighted by molar-refractivity contribution is 8.01. The number of non-ortho nitro benzene ring substituents is 1. The fourth-order valence-corrected chi connectivity index (χ4v) is 5.37. The summed E-state index contributed by atoms with van der Waals surface area (Å²) in [6, 6.07) is 21.9. The van der Waals surface area contributed by atoms with Gasteiger partial charge in [-0.05, 0) is 42.1 Å². The van der Waals surface area contributed by atoms with Crippen LogP contribution in [0.1, 0.15) is 0 Å². The Hall–Kier alpha value is -3.27. The Bertz CT molecular complexity index is 1420. The summed E-state index contributed by atoms with van der Waals surface area (Å²) in [5, 5.41) is 21.1. The van der Waals surface area contributed by atoms with Gasteiger partial charge in [-0.25, -0.2) is 4.98 Å². The van der Waals surface area contributed by atoms with Crippen LogP contribution in [0.15, 0.2) is 82.3 Å². The lowest BCUT2D eigenvalue weighted by atomic mass is 10.2. The van der Waals surface area contributed by atoms with Gasteiger partial charge in [-0.2, -0.15) is 0 Å². The second-order valence-corrected chi connectivity index (χ2v) is 9.10. The van der Waals surface area contributed by atoms with Gasteiger partial charge in [0, 0.05) is 23.4 Å². The highest BCUT2D eigenvalue weighted by atomic mass is 35.5. The predicted molar refractivity (Wildman–Crippen MR) is 122 cm³/mol. The van der Waals surface area contributed by atoms with Gasteiger partial charge < -0.3 is 0 Å². The Kier molecular flexibility index (Phi) is 5.14.